The van der Waals surface area contributed by atoms with E-state index in [1.165, 1.54) is 4.88 Å². The van der Waals surface area contributed by atoms with Crippen molar-refractivity contribution in [2.24, 2.45) is 4.99 Å². The second kappa shape index (κ2) is 9.40. The van der Waals surface area contributed by atoms with Crippen LogP contribution in [-0.4, -0.2) is 55.0 Å². The molecule has 0 saturated carbocycles. The maximum atomic E-state index is 11.7. The van der Waals surface area contributed by atoms with Crippen molar-refractivity contribution in [1.82, 2.24) is 20.5 Å². The van der Waals surface area contributed by atoms with Crippen molar-refractivity contribution >= 4 is 23.2 Å². The summed E-state index contributed by atoms with van der Waals surface area (Å²) in [7, 11) is 3.47. The molecule has 124 valence electrons. The summed E-state index contributed by atoms with van der Waals surface area (Å²) in [6, 6.07) is 0.308. The molecule has 7 heteroatoms. The number of aromatic nitrogens is 1. The molecular weight excluding hydrogens is 298 g/mol. The van der Waals surface area contributed by atoms with Crippen LogP contribution >= 0.6 is 11.3 Å². The molecule has 1 atom stereocenters. The van der Waals surface area contributed by atoms with E-state index in [-0.39, 0.29) is 12.5 Å². The highest BCUT2D eigenvalue weighted by Gasteiger charge is 2.07. The van der Waals surface area contributed by atoms with Crippen molar-refractivity contribution in [3.63, 3.8) is 0 Å². The molecule has 0 aliphatic carbocycles. The predicted octanol–water partition coefficient (Wildman–Crippen LogP) is 1.42. The summed E-state index contributed by atoms with van der Waals surface area (Å²) in [6.07, 6.45) is 3.73. The van der Waals surface area contributed by atoms with Crippen LogP contribution in [0.1, 0.15) is 30.2 Å². The highest BCUT2D eigenvalue weighted by atomic mass is 32.1. The van der Waals surface area contributed by atoms with Crippen LogP contribution in [0.4, 0.5) is 0 Å². The Bertz CT molecular complexity index is 498. The minimum Gasteiger partial charge on any atom is -0.356 e. The minimum absolute atomic E-state index is 0.0131. The number of aliphatic imine (C=N–C) groups is 1. The summed E-state index contributed by atoms with van der Waals surface area (Å²) >= 11 is 1.71. The Labute approximate surface area is 137 Å². The van der Waals surface area contributed by atoms with Gasteiger partial charge >= 0.3 is 0 Å². The molecule has 1 unspecified atom stereocenters. The molecule has 0 aliphatic heterocycles. The molecule has 0 spiro atoms. The van der Waals surface area contributed by atoms with Gasteiger partial charge in [-0.15, -0.1) is 11.3 Å². The second-order valence-electron chi connectivity index (χ2n) is 5.45. The third kappa shape index (κ3) is 6.89. The van der Waals surface area contributed by atoms with Gasteiger partial charge in [-0.3, -0.25) is 4.79 Å². The third-order valence-electron chi connectivity index (χ3n) is 3.17. The number of nitrogens with zero attached hydrogens (tertiary/aromatic N) is 3. The average Bonchev–Trinajstić information content (AvgIpc) is 2.89. The molecule has 1 aromatic heterocycles. The first-order chi connectivity index (χ1) is 10.4. The van der Waals surface area contributed by atoms with E-state index in [9.17, 15) is 4.79 Å². The van der Waals surface area contributed by atoms with Crippen LogP contribution in [0.5, 0.6) is 0 Å². The largest absolute Gasteiger partial charge is 0.356 e. The molecule has 0 radical (unpaired) electrons. The van der Waals surface area contributed by atoms with E-state index in [1.54, 1.807) is 30.3 Å². The Hall–Kier alpha value is -1.63. The van der Waals surface area contributed by atoms with Crippen molar-refractivity contribution in [2.75, 3.05) is 27.2 Å². The molecule has 1 aromatic rings. The van der Waals surface area contributed by atoms with Gasteiger partial charge < -0.3 is 15.5 Å². The summed E-state index contributed by atoms with van der Waals surface area (Å²) in [5.41, 5.74) is 0. The van der Waals surface area contributed by atoms with Gasteiger partial charge in [0, 0.05) is 44.2 Å². The number of amides is 1. The van der Waals surface area contributed by atoms with Crippen LogP contribution in [-0.2, 0) is 11.2 Å². The standard InChI is InChI=1S/C15H27N5OS/c1-6-11(2)19-15(18-10-14(21)20(4)5)16-8-7-13-17-9-12(3)22-13/h9,11H,6-8,10H2,1-5H3,(H2,16,18,19). The molecule has 0 fully saturated rings. The fourth-order valence-electron chi connectivity index (χ4n) is 1.58. The molecule has 1 amide bonds. The van der Waals surface area contributed by atoms with Gasteiger partial charge in [-0.1, -0.05) is 6.92 Å². The van der Waals surface area contributed by atoms with Crippen molar-refractivity contribution < 1.29 is 4.79 Å². The number of thiazole rings is 1. The Morgan fingerprint density at radius 3 is 2.77 bits per heavy atom. The number of guanidine groups is 1. The van der Waals surface area contributed by atoms with Gasteiger partial charge in [-0.25, -0.2) is 9.98 Å². The Balaban J connectivity index is 2.53. The van der Waals surface area contributed by atoms with Crippen molar-refractivity contribution in [2.45, 2.75) is 39.7 Å². The molecule has 2 N–H and O–H groups in total. The van der Waals surface area contributed by atoms with E-state index in [1.807, 2.05) is 6.20 Å². The third-order valence-corrected chi connectivity index (χ3v) is 4.14. The van der Waals surface area contributed by atoms with Crippen LogP contribution in [0.2, 0.25) is 0 Å². The number of rotatable bonds is 7. The first-order valence-electron chi connectivity index (χ1n) is 7.58. The fourth-order valence-corrected chi connectivity index (χ4v) is 2.37. The van der Waals surface area contributed by atoms with E-state index < -0.39 is 0 Å². The zero-order chi connectivity index (χ0) is 16.5. The van der Waals surface area contributed by atoms with E-state index in [2.05, 4.69) is 41.4 Å². The van der Waals surface area contributed by atoms with E-state index in [0.717, 1.165) is 24.4 Å². The van der Waals surface area contributed by atoms with Crippen LogP contribution in [0, 0.1) is 6.92 Å². The summed E-state index contributed by atoms with van der Waals surface area (Å²) in [4.78, 5) is 23.1. The lowest BCUT2D eigenvalue weighted by Gasteiger charge is -2.17. The lowest BCUT2D eigenvalue weighted by Crippen LogP contribution is -2.43. The number of nitrogens with one attached hydrogen (secondary N) is 2. The van der Waals surface area contributed by atoms with Crippen LogP contribution in [0.3, 0.4) is 0 Å². The van der Waals surface area contributed by atoms with Crippen molar-refractivity contribution in [3.05, 3.63) is 16.1 Å². The first-order valence-corrected chi connectivity index (χ1v) is 8.40. The van der Waals surface area contributed by atoms with E-state index >= 15 is 0 Å². The van der Waals surface area contributed by atoms with Gasteiger partial charge in [0.05, 0.1) is 5.01 Å². The normalized spacial score (nSPS) is 12.9. The maximum absolute atomic E-state index is 11.7. The van der Waals surface area contributed by atoms with E-state index in [4.69, 9.17) is 0 Å². The van der Waals surface area contributed by atoms with Crippen molar-refractivity contribution in [3.8, 4) is 0 Å². The number of carbonyl (C=O) groups excluding carboxylic acids is 1. The molecule has 1 rings (SSSR count). The van der Waals surface area contributed by atoms with Crippen LogP contribution in [0.25, 0.3) is 0 Å². The summed E-state index contributed by atoms with van der Waals surface area (Å²) in [5.74, 6) is 0.665. The quantitative estimate of drug-likeness (QED) is 0.587. The molecule has 0 saturated heterocycles. The Kier molecular flexibility index (Phi) is 7.87. The monoisotopic (exact) mass is 325 g/mol. The highest BCUT2D eigenvalue weighted by Crippen LogP contribution is 2.10. The number of hydrogen-bond donors (Lipinski definition) is 2. The van der Waals surface area contributed by atoms with Crippen LogP contribution in [0.15, 0.2) is 11.2 Å². The van der Waals surface area contributed by atoms with Gasteiger partial charge in [-0.05, 0) is 20.3 Å². The van der Waals surface area contributed by atoms with Crippen molar-refractivity contribution in [1.29, 1.82) is 0 Å². The van der Waals surface area contributed by atoms with Gasteiger partial charge in [0.2, 0.25) is 5.91 Å². The Morgan fingerprint density at radius 1 is 1.50 bits per heavy atom. The highest BCUT2D eigenvalue weighted by molar-refractivity contribution is 7.11. The Morgan fingerprint density at radius 2 is 2.23 bits per heavy atom. The SMILES string of the molecule is CCC(C)NC(=NCC(=O)N(C)C)NCCc1ncc(C)s1. The number of carbonyl (C=O) groups is 1. The van der Waals surface area contributed by atoms with Gasteiger partial charge in [0.15, 0.2) is 5.96 Å². The maximum Gasteiger partial charge on any atom is 0.243 e. The topological polar surface area (TPSA) is 69.6 Å². The smallest absolute Gasteiger partial charge is 0.243 e. The molecule has 22 heavy (non-hydrogen) atoms. The molecule has 0 aromatic carbocycles. The number of likely N-dealkylation sites (N-methyl/N-ethyl adjacent to an activating group) is 1. The summed E-state index contributed by atoms with van der Waals surface area (Å²) in [6.45, 7) is 7.15. The molecule has 0 aliphatic rings. The predicted molar refractivity (Wildman–Crippen MR) is 92.4 cm³/mol. The zero-order valence-corrected chi connectivity index (χ0v) is 15.0. The molecule has 1 heterocycles. The second-order valence-corrected chi connectivity index (χ2v) is 6.77. The van der Waals surface area contributed by atoms with Gasteiger partial charge in [0.1, 0.15) is 6.54 Å². The average molecular weight is 325 g/mol. The number of aryl methyl sites for hydroxylation is 1. The summed E-state index contributed by atoms with van der Waals surface area (Å²) in [5, 5.41) is 7.68. The first kappa shape index (κ1) is 18.4. The number of hydrogen-bond acceptors (Lipinski definition) is 4. The van der Waals surface area contributed by atoms with Gasteiger partial charge in [0.25, 0.3) is 0 Å². The zero-order valence-electron chi connectivity index (χ0n) is 14.1. The molecular formula is C15H27N5OS. The minimum atomic E-state index is -0.0131. The van der Waals surface area contributed by atoms with Crippen LogP contribution < -0.4 is 10.6 Å². The lowest BCUT2D eigenvalue weighted by atomic mass is 10.3. The summed E-state index contributed by atoms with van der Waals surface area (Å²) < 4.78 is 0. The van der Waals surface area contributed by atoms with E-state index in [0.29, 0.717) is 12.0 Å². The molecule has 6 nitrogen and oxygen atoms in total. The molecule has 0 bridgehead atoms. The lowest BCUT2D eigenvalue weighted by molar-refractivity contribution is -0.127. The fraction of sp³-hybridized carbons (Fsp3) is 0.667. The van der Waals surface area contributed by atoms with Gasteiger partial charge in [-0.2, -0.15) is 0 Å².